The lowest BCUT2D eigenvalue weighted by Gasteiger charge is -2.38. The number of likely N-dealkylation sites (tertiary alicyclic amines) is 1. The van der Waals surface area contributed by atoms with Crippen molar-refractivity contribution in [3.8, 4) is 0 Å². The van der Waals surface area contributed by atoms with E-state index in [0.29, 0.717) is 6.54 Å². The second kappa shape index (κ2) is 8.21. The van der Waals surface area contributed by atoms with Crippen molar-refractivity contribution >= 4 is 11.3 Å². The van der Waals surface area contributed by atoms with E-state index in [-0.39, 0.29) is 11.0 Å². The summed E-state index contributed by atoms with van der Waals surface area (Å²) in [5, 5.41) is 4.41. The molecule has 166 valence electrons. The molecule has 1 fully saturated rings. The SMILES string of the molecule is O=c1c2c(nc3n1CC1(CCN(Cc4ccsc4)CC1)C3)CCN(Cc1cccnc1)C2. The lowest BCUT2D eigenvalue weighted by atomic mass is 9.77. The standard InChI is InChI=1S/C25H29N5OS/c31-24-21-16-29(14-19-2-1-7-26-13-19)8-3-22(21)27-23-12-25(18-30(23)24)5-9-28(10-6-25)15-20-4-11-32-17-20/h1-2,4,7,11,13,17H,3,5-6,8-10,12,14-16,18H2. The Kier molecular flexibility index (Phi) is 5.20. The molecule has 6 nitrogen and oxygen atoms in total. The summed E-state index contributed by atoms with van der Waals surface area (Å²) in [6.45, 7) is 6.58. The van der Waals surface area contributed by atoms with E-state index in [1.807, 2.05) is 16.8 Å². The number of aromatic nitrogens is 3. The van der Waals surface area contributed by atoms with Gasteiger partial charge in [-0.25, -0.2) is 4.98 Å². The highest BCUT2D eigenvalue weighted by Crippen LogP contribution is 2.41. The van der Waals surface area contributed by atoms with Crippen molar-refractivity contribution in [2.75, 3.05) is 19.6 Å². The molecule has 0 unspecified atom stereocenters. The summed E-state index contributed by atoms with van der Waals surface area (Å²) in [7, 11) is 0. The van der Waals surface area contributed by atoms with Crippen LogP contribution in [0, 0.1) is 5.41 Å². The van der Waals surface area contributed by atoms with Gasteiger partial charge >= 0.3 is 0 Å². The van der Waals surface area contributed by atoms with E-state index < -0.39 is 0 Å². The van der Waals surface area contributed by atoms with Gasteiger partial charge in [0.2, 0.25) is 0 Å². The Balaban J connectivity index is 1.16. The van der Waals surface area contributed by atoms with Crippen LogP contribution in [0.2, 0.25) is 0 Å². The molecule has 6 rings (SSSR count). The fraction of sp³-hybridized carbons (Fsp3) is 0.480. The molecule has 1 saturated heterocycles. The zero-order valence-corrected chi connectivity index (χ0v) is 19.2. The molecular weight excluding hydrogens is 418 g/mol. The van der Waals surface area contributed by atoms with Crippen LogP contribution in [0.3, 0.4) is 0 Å². The molecule has 3 aliphatic heterocycles. The van der Waals surface area contributed by atoms with Gasteiger partial charge in [0.05, 0.1) is 11.3 Å². The Morgan fingerprint density at radius 2 is 1.94 bits per heavy atom. The lowest BCUT2D eigenvalue weighted by molar-refractivity contribution is 0.0979. The van der Waals surface area contributed by atoms with Crippen LogP contribution in [0.15, 0.2) is 46.1 Å². The number of piperidine rings is 1. The van der Waals surface area contributed by atoms with Gasteiger partial charge in [0.1, 0.15) is 5.82 Å². The van der Waals surface area contributed by atoms with Crippen LogP contribution in [0.25, 0.3) is 0 Å². The number of nitrogens with zero attached hydrogens (tertiary/aromatic N) is 5. The van der Waals surface area contributed by atoms with E-state index in [4.69, 9.17) is 4.98 Å². The highest BCUT2D eigenvalue weighted by Gasteiger charge is 2.42. The van der Waals surface area contributed by atoms with E-state index in [0.717, 1.165) is 82.0 Å². The van der Waals surface area contributed by atoms with Gasteiger partial charge in [-0.2, -0.15) is 11.3 Å². The van der Waals surface area contributed by atoms with Gasteiger partial charge in [0.15, 0.2) is 0 Å². The smallest absolute Gasteiger partial charge is 0.258 e. The second-order valence-electron chi connectivity index (χ2n) is 9.75. The number of thiophene rings is 1. The van der Waals surface area contributed by atoms with Crippen molar-refractivity contribution in [3.05, 3.63) is 79.9 Å². The van der Waals surface area contributed by atoms with E-state index in [2.05, 4.69) is 37.7 Å². The van der Waals surface area contributed by atoms with Gasteiger partial charge in [-0.15, -0.1) is 0 Å². The summed E-state index contributed by atoms with van der Waals surface area (Å²) in [6, 6.07) is 6.30. The third-order valence-corrected chi connectivity index (χ3v) is 8.26. The molecule has 1 spiro atoms. The van der Waals surface area contributed by atoms with Crippen LogP contribution < -0.4 is 5.56 Å². The molecule has 0 amide bonds. The molecule has 0 radical (unpaired) electrons. The molecule has 7 heteroatoms. The highest BCUT2D eigenvalue weighted by molar-refractivity contribution is 7.07. The minimum atomic E-state index is 0.207. The average molecular weight is 448 g/mol. The molecule has 3 aromatic rings. The fourth-order valence-corrected chi connectivity index (χ4v) is 6.35. The summed E-state index contributed by atoms with van der Waals surface area (Å²) in [4.78, 5) is 27.7. The topological polar surface area (TPSA) is 54.3 Å². The van der Waals surface area contributed by atoms with Crippen LogP contribution in [-0.2, 0) is 39.0 Å². The fourth-order valence-electron chi connectivity index (χ4n) is 5.69. The van der Waals surface area contributed by atoms with Crippen molar-refractivity contribution in [1.29, 1.82) is 0 Å². The summed E-state index contributed by atoms with van der Waals surface area (Å²) >= 11 is 1.77. The van der Waals surface area contributed by atoms with E-state index in [1.165, 1.54) is 11.1 Å². The van der Waals surface area contributed by atoms with Crippen molar-refractivity contribution in [1.82, 2.24) is 24.3 Å². The summed E-state index contributed by atoms with van der Waals surface area (Å²) in [5.41, 5.74) is 4.98. The van der Waals surface area contributed by atoms with Gasteiger partial charge in [-0.05, 0) is 65.4 Å². The van der Waals surface area contributed by atoms with Crippen LogP contribution in [0.4, 0.5) is 0 Å². The first-order valence-electron chi connectivity index (χ1n) is 11.6. The second-order valence-corrected chi connectivity index (χ2v) is 10.5. The molecule has 3 aromatic heterocycles. The maximum atomic E-state index is 13.5. The third kappa shape index (κ3) is 3.83. The average Bonchev–Trinajstić information content (AvgIpc) is 3.45. The number of fused-ring (bicyclic) bond motifs is 2. The first-order valence-corrected chi connectivity index (χ1v) is 12.6. The minimum absolute atomic E-state index is 0.207. The van der Waals surface area contributed by atoms with Crippen molar-refractivity contribution in [2.45, 2.75) is 51.9 Å². The van der Waals surface area contributed by atoms with Gasteiger partial charge < -0.3 is 0 Å². The zero-order chi connectivity index (χ0) is 21.5. The monoisotopic (exact) mass is 447 g/mol. The van der Waals surface area contributed by atoms with Gasteiger partial charge in [-0.1, -0.05) is 6.07 Å². The van der Waals surface area contributed by atoms with Crippen molar-refractivity contribution in [3.63, 3.8) is 0 Å². The Morgan fingerprint density at radius 3 is 2.72 bits per heavy atom. The third-order valence-electron chi connectivity index (χ3n) is 7.53. The van der Waals surface area contributed by atoms with Gasteiger partial charge in [-0.3, -0.25) is 24.1 Å². The minimum Gasteiger partial charge on any atom is -0.299 e. The summed E-state index contributed by atoms with van der Waals surface area (Å²) in [6.07, 6.45) is 7.84. The number of pyridine rings is 1. The lowest BCUT2D eigenvalue weighted by Crippen LogP contribution is -2.41. The van der Waals surface area contributed by atoms with E-state index >= 15 is 0 Å². The molecule has 3 aliphatic rings. The Bertz CT molecular complexity index is 1150. The summed E-state index contributed by atoms with van der Waals surface area (Å²) < 4.78 is 2.01. The van der Waals surface area contributed by atoms with Gasteiger partial charge in [0.25, 0.3) is 5.56 Å². The van der Waals surface area contributed by atoms with Crippen LogP contribution in [0.5, 0.6) is 0 Å². The number of hydrogen-bond donors (Lipinski definition) is 0. The number of hydrogen-bond acceptors (Lipinski definition) is 6. The van der Waals surface area contributed by atoms with Crippen LogP contribution in [-0.4, -0.2) is 44.0 Å². The highest BCUT2D eigenvalue weighted by atomic mass is 32.1. The molecule has 0 saturated carbocycles. The van der Waals surface area contributed by atoms with Crippen molar-refractivity contribution in [2.24, 2.45) is 5.41 Å². The van der Waals surface area contributed by atoms with E-state index in [1.54, 1.807) is 17.5 Å². The quantitative estimate of drug-likeness (QED) is 0.615. The van der Waals surface area contributed by atoms with Crippen LogP contribution in [0.1, 0.15) is 41.1 Å². The maximum Gasteiger partial charge on any atom is 0.258 e. The zero-order valence-electron chi connectivity index (χ0n) is 18.4. The normalized spacial score (nSPS) is 20.4. The van der Waals surface area contributed by atoms with Crippen molar-refractivity contribution < 1.29 is 0 Å². The maximum absolute atomic E-state index is 13.5. The first-order chi connectivity index (χ1) is 15.7. The molecule has 0 N–H and O–H groups in total. The molecule has 32 heavy (non-hydrogen) atoms. The van der Waals surface area contributed by atoms with Gasteiger partial charge in [0, 0.05) is 58.0 Å². The Hall–Kier alpha value is -2.35. The molecule has 0 aliphatic carbocycles. The molecule has 0 bridgehead atoms. The van der Waals surface area contributed by atoms with E-state index in [9.17, 15) is 4.79 Å². The predicted molar refractivity (Wildman–Crippen MR) is 126 cm³/mol. The predicted octanol–water partition coefficient (Wildman–Crippen LogP) is 3.10. The summed E-state index contributed by atoms with van der Waals surface area (Å²) in [5.74, 6) is 1.03. The number of rotatable bonds is 4. The Labute approximate surface area is 192 Å². The largest absolute Gasteiger partial charge is 0.299 e. The molecular formula is C25H29N5OS. The molecule has 6 heterocycles. The first kappa shape index (κ1) is 20.3. The molecule has 0 aromatic carbocycles. The Morgan fingerprint density at radius 1 is 1.06 bits per heavy atom. The van der Waals surface area contributed by atoms with Crippen LogP contribution >= 0.6 is 11.3 Å². The molecule has 0 atom stereocenters.